The molecule has 3 rings (SSSR count). The predicted molar refractivity (Wildman–Crippen MR) is 85.8 cm³/mol. The van der Waals surface area contributed by atoms with Crippen molar-refractivity contribution in [3.05, 3.63) is 52.7 Å². The van der Waals surface area contributed by atoms with Gasteiger partial charge in [-0.3, -0.25) is 4.79 Å². The summed E-state index contributed by atoms with van der Waals surface area (Å²) < 4.78 is 0. The number of carboxylic acids is 1. The summed E-state index contributed by atoms with van der Waals surface area (Å²) in [6.07, 6.45) is 2.64. The number of thiophene rings is 1. The first-order valence-corrected chi connectivity index (χ1v) is 8.20. The van der Waals surface area contributed by atoms with Crippen LogP contribution < -0.4 is 4.90 Å². The Kier molecular flexibility index (Phi) is 4.25. The fourth-order valence-electron chi connectivity index (χ4n) is 2.78. The van der Waals surface area contributed by atoms with Crippen molar-refractivity contribution < 1.29 is 9.90 Å². The van der Waals surface area contributed by atoms with Crippen LogP contribution in [0.1, 0.15) is 30.2 Å². The molecule has 1 unspecified atom stereocenters. The highest BCUT2D eigenvalue weighted by Crippen LogP contribution is 2.47. The van der Waals surface area contributed by atoms with Crippen molar-refractivity contribution in [2.75, 3.05) is 11.4 Å². The largest absolute Gasteiger partial charge is 0.481 e. The number of hydrogen-bond donors (Lipinski definition) is 1. The van der Waals surface area contributed by atoms with Gasteiger partial charge in [0.25, 0.3) is 0 Å². The molecule has 0 saturated heterocycles. The molecule has 1 atom stereocenters. The molecule has 1 aliphatic carbocycles. The van der Waals surface area contributed by atoms with Crippen LogP contribution >= 0.6 is 11.3 Å². The third-order valence-corrected chi connectivity index (χ3v) is 4.84. The summed E-state index contributed by atoms with van der Waals surface area (Å²) in [6, 6.07) is 14.7. The number of aliphatic carboxylic acids is 1. The number of carboxylic acid groups (broad SMARTS) is 1. The molecule has 1 aromatic carbocycles. The molecule has 0 radical (unpaired) electrons. The summed E-state index contributed by atoms with van der Waals surface area (Å²) in [4.78, 5) is 14.6. The van der Waals surface area contributed by atoms with Gasteiger partial charge in [0.1, 0.15) is 0 Å². The highest BCUT2D eigenvalue weighted by molar-refractivity contribution is 7.10. The van der Waals surface area contributed by atoms with Gasteiger partial charge in [-0.1, -0.05) is 24.3 Å². The summed E-state index contributed by atoms with van der Waals surface area (Å²) in [6.45, 7) is 0.554. The summed E-state index contributed by atoms with van der Waals surface area (Å²) >= 11 is 1.77. The highest BCUT2D eigenvalue weighted by atomic mass is 32.1. The molecular weight excluding hydrogens is 282 g/mol. The van der Waals surface area contributed by atoms with E-state index in [9.17, 15) is 4.79 Å². The first-order chi connectivity index (χ1) is 10.3. The van der Waals surface area contributed by atoms with Crippen molar-refractivity contribution >= 4 is 23.0 Å². The van der Waals surface area contributed by atoms with Crippen molar-refractivity contribution in [2.24, 2.45) is 5.92 Å². The van der Waals surface area contributed by atoms with E-state index in [4.69, 9.17) is 5.11 Å². The third-order valence-electron chi connectivity index (χ3n) is 3.89. The van der Waals surface area contributed by atoms with E-state index >= 15 is 0 Å². The zero-order chi connectivity index (χ0) is 14.7. The van der Waals surface area contributed by atoms with Crippen LogP contribution in [0.15, 0.2) is 47.8 Å². The van der Waals surface area contributed by atoms with Crippen LogP contribution in [-0.4, -0.2) is 17.6 Å². The van der Waals surface area contributed by atoms with E-state index in [0.717, 1.165) is 5.69 Å². The number of rotatable bonds is 7. The molecule has 1 N–H and O–H groups in total. The van der Waals surface area contributed by atoms with Crippen molar-refractivity contribution in [3.8, 4) is 0 Å². The summed E-state index contributed by atoms with van der Waals surface area (Å²) in [7, 11) is 0. The molecule has 1 fully saturated rings. The Bertz CT molecular complexity index is 578. The maximum absolute atomic E-state index is 11.0. The number of anilines is 1. The lowest BCUT2D eigenvalue weighted by Crippen LogP contribution is -2.31. The molecule has 0 aliphatic heterocycles. The van der Waals surface area contributed by atoms with Gasteiger partial charge in [-0.15, -0.1) is 11.3 Å². The van der Waals surface area contributed by atoms with E-state index in [1.807, 2.05) is 18.2 Å². The SMILES string of the molecule is O=C(O)CCN(c1ccccc1)C(c1cccs1)C1CC1. The van der Waals surface area contributed by atoms with Crippen molar-refractivity contribution in [3.63, 3.8) is 0 Å². The summed E-state index contributed by atoms with van der Waals surface area (Å²) in [5, 5.41) is 11.2. The normalized spacial score (nSPS) is 15.6. The standard InChI is InChI=1S/C17H19NO2S/c19-16(20)10-11-18(14-5-2-1-3-6-14)17(13-8-9-13)15-7-4-12-21-15/h1-7,12-13,17H,8-11H2,(H,19,20). The first kappa shape index (κ1) is 14.1. The quantitative estimate of drug-likeness (QED) is 0.834. The van der Waals surface area contributed by atoms with Crippen LogP contribution in [0, 0.1) is 5.92 Å². The van der Waals surface area contributed by atoms with Crippen molar-refractivity contribution in [1.82, 2.24) is 0 Å². The van der Waals surface area contributed by atoms with E-state index in [-0.39, 0.29) is 6.42 Å². The van der Waals surface area contributed by atoms with Gasteiger partial charge < -0.3 is 10.0 Å². The van der Waals surface area contributed by atoms with Gasteiger partial charge in [0.05, 0.1) is 12.5 Å². The number of nitrogens with zero attached hydrogens (tertiary/aromatic N) is 1. The summed E-state index contributed by atoms with van der Waals surface area (Å²) in [5.41, 5.74) is 1.11. The van der Waals surface area contributed by atoms with Crippen LogP contribution in [-0.2, 0) is 4.79 Å². The molecule has 1 aliphatic rings. The zero-order valence-electron chi connectivity index (χ0n) is 11.8. The lowest BCUT2D eigenvalue weighted by atomic mass is 10.1. The van der Waals surface area contributed by atoms with Crippen LogP contribution in [0.3, 0.4) is 0 Å². The maximum atomic E-state index is 11.0. The van der Waals surface area contributed by atoms with Crippen LogP contribution in [0.25, 0.3) is 0 Å². The average molecular weight is 301 g/mol. The van der Waals surface area contributed by atoms with Gasteiger partial charge in [0.2, 0.25) is 0 Å². The van der Waals surface area contributed by atoms with Gasteiger partial charge >= 0.3 is 5.97 Å². The lowest BCUT2D eigenvalue weighted by Gasteiger charge is -2.33. The number of para-hydroxylation sites is 1. The molecule has 2 aromatic rings. The Balaban J connectivity index is 1.90. The topological polar surface area (TPSA) is 40.5 Å². The fraction of sp³-hybridized carbons (Fsp3) is 0.353. The molecule has 0 spiro atoms. The van der Waals surface area contributed by atoms with E-state index in [1.165, 1.54) is 17.7 Å². The van der Waals surface area contributed by atoms with E-state index in [2.05, 4.69) is 34.5 Å². The average Bonchev–Trinajstić information content (AvgIpc) is 3.18. The molecular formula is C17H19NO2S. The molecule has 1 heterocycles. The second kappa shape index (κ2) is 6.31. The number of carbonyl (C=O) groups is 1. The Labute approximate surface area is 128 Å². The molecule has 4 heteroatoms. The number of benzene rings is 1. The van der Waals surface area contributed by atoms with Crippen molar-refractivity contribution in [2.45, 2.75) is 25.3 Å². The van der Waals surface area contributed by atoms with Crippen LogP contribution in [0.2, 0.25) is 0 Å². The maximum Gasteiger partial charge on any atom is 0.305 e. The minimum Gasteiger partial charge on any atom is -0.481 e. The lowest BCUT2D eigenvalue weighted by molar-refractivity contribution is -0.136. The molecule has 110 valence electrons. The predicted octanol–water partition coefficient (Wildman–Crippen LogP) is 4.18. The van der Waals surface area contributed by atoms with Gasteiger partial charge in [0.15, 0.2) is 0 Å². The Hall–Kier alpha value is -1.81. The second-order valence-electron chi connectivity index (χ2n) is 5.47. The first-order valence-electron chi connectivity index (χ1n) is 7.32. The molecule has 21 heavy (non-hydrogen) atoms. The Morgan fingerprint density at radius 2 is 2.00 bits per heavy atom. The molecule has 3 nitrogen and oxygen atoms in total. The second-order valence-corrected chi connectivity index (χ2v) is 6.45. The zero-order valence-corrected chi connectivity index (χ0v) is 12.6. The molecule has 0 bridgehead atoms. The fourth-order valence-corrected chi connectivity index (χ4v) is 3.71. The molecule has 1 aromatic heterocycles. The number of hydrogen-bond acceptors (Lipinski definition) is 3. The van der Waals surface area contributed by atoms with Gasteiger partial charge in [0, 0.05) is 17.1 Å². The Morgan fingerprint density at radius 1 is 1.24 bits per heavy atom. The van der Waals surface area contributed by atoms with Crippen molar-refractivity contribution in [1.29, 1.82) is 0 Å². The van der Waals surface area contributed by atoms with Crippen LogP contribution in [0.5, 0.6) is 0 Å². The summed E-state index contributed by atoms with van der Waals surface area (Å²) in [5.74, 6) is -0.0886. The van der Waals surface area contributed by atoms with Gasteiger partial charge in [-0.05, 0) is 42.3 Å². The van der Waals surface area contributed by atoms with Gasteiger partial charge in [-0.2, -0.15) is 0 Å². The highest BCUT2D eigenvalue weighted by Gasteiger charge is 2.37. The van der Waals surface area contributed by atoms with E-state index in [0.29, 0.717) is 18.5 Å². The minimum absolute atomic E-state index is 0.170. The minimum atomic E-state index is -0.739. The smallest absolute Gasteiger partial charge is 0.305 e. The van der Waals surface area contributed by atoms with Gasteiger partial charge in [-0.25, -0.2) is 0 Å². The van der Waals surface area contributed by atoms with E-state index in [1.54, 1.807) is 11.3 Å². The van der Waals surface area contributed by atoms with Crippen LogP contribution in [0.4, 0.5) is 5.69 Å². The molecule has 1 saturated carbocycles. The monoisotopic (exact) mass is 301 g/mol. The van der Waals surface area contributed by atoms with E-state index < -0.39 is 5.97 Å². The third kappa shape index (κ3) is 3.45. The Morgan fingerprint density at radius 3 is 2.57 bits per heavy atom. The molecule has 0 amide bonds.